The number of halogens is 1. The number of nitrogens with two attached hydrogens (primary N) is 2. The summed E-state index contributed by atoms with van der Waals surface area (Å²) in [6.07, 6.45) is 5.29. The first kappa shape index (κ1) is 31.5. The van der Waals surface area contributed by atoms with Crippen LogP contribution in [-0.2, 0) is 30.0 Å². The van der Waals surface area contributed by atoms with Gasteiger partial charge in [0.05, 0.1) is 30.2 Å². The minimum Gasteiger partial charge on any atom is -0.388 e. The van der Waals surface area contributed by atoms with Crippen LogP contribution in [0, 0.1) is 5.82 Å². The molecule has 0 aliphatic carbocycles. The molecule has 0 unspecified atom stereocenters. The van der Waals surface area contributed by atoms with Crippen LogP contribution in [0.1, 0.15) is 44.6 Å². The number of hydrogen-bond acceptors (Lipinski definition) is 8. The van der Waals surface area contributed by atoms with Crippen molar-refractivity contribution in [2.45, 2.75) is 61.8 Å². The van der Waals surface area contributed by atoms with Gasteiger partial charge >= 0.3 is 0 Å². The Morgan fingerprint density at radius 3 is 2.69 bits per heavy atom. The molecule has 0 radical (unpaired) electrons. The SMILES string of the molecule is CC(N)=NCCC[C@@H](C=O)NC(=O)CN1CCCC[C@H](N)C1=O.CS(=O)(=O)Cc1cc(F)ccc1S. The Balaban J connectivity index is 0.000000420. The van der Waals surface area contributed by atoms with Crippen LogP contribution in [0.4, 0.5) is 4.39 Å². The number of nitrogens with one attached hydrogen (secondary N) is 1. The summed E-state index contributed by atoms with van der Waals surface area (Å²) < 4.78 is 34.5. The van der Waals surface area contributed by atoms with Crippen molar-refractivity contribution in [1.29, 1.82) is 0 Å². The number of carbonyl (C=O) groups is 3. The third-order valence-electron chi connectivity index (χ3n) is 5.16. The normalized spacial score (nSPS) is 17.5. The van der Waals surface area contributed by atoms with Crippen molar-refractivity contribution < 1.29 is 27.2 Å². The van der Waals surface area contributed by atoms with Crippen LogP contribution in [0.15, 0.2) is 28.1 Å². The van der Waals surface area contributed by atoms with Crippen LogP contribution in [0.25, 0.3) is 0 Å². The van der Waals surface area contributed by atoms with E-state index in [0.717, 1.165) is 19.1 Å². The molecule has 1 aromatic carbocycles. The van der Waals surface area contributed by atoms with E-state index in [4.69, 9.17) is 11.5 Å². The summed E-state index contributed by atoms with van der Waals surface area (Å²) in [5.41, 5.74) is 11.6. The molecule has 1 aliphatic rings. The Kier molecular flexibility index (Phi) is 13.6. The number of thiol groups is 1. The van der Waals surface area contributed by atoms with E-state index in [9.17, 15) is 27.2 Å². The number of carbonyl (C=O) groups excluding carboxylic acids is 3. The zero-order valence-corrected chi connectivity index (χ0v) is 22.4. The second-order valence-electron chi connectivity index (χ2n) is 8.68. The molecule has 2 atom stereocenters. The molecule has 36 heavy (non-hydrogen) atoms. The molecule has 1 saturated heterocycles. The number of aldehydes is 1. The molecule has 0 spiro atoms. The minimum absolute atomic E-state index is 0.0586. The minimum atomic E-state index is -3.13. The Morgan fingerprint density at radius 1 is 1.39 bits per heavy atom. The van der Waals surface area contributed by atoms with E-state index in [1.165, 1.54) is 23.1 Å². The highest BCUT2D eigenvalue weighted by Crippen LogP contribution is 2.17. The number of amidine groups is 1. The second kappa shape index (κ2) is 15.6. The van der Waals surface area contributed by atoms with Gasteiger partial charge in [-0.3, -0.25) is 14.6 Å². The molecule has 1 aliphatic heterocycles. The summed E-state index contributed by atoms with van der Waals surface area (Å²) in [6, 6.07) is 2.76. The molecule has 202 valence electrons. The zero-order chi connectivity index (χ0) is 27.3. The Hall–Kier alpha value is -2.51. The van der Waals surface area contributed by atoms with Crippen molar-refractivity contribution in [1.82, 2.24) is 10.2 Å². The molecule has 10 nitrogen and oxygen atoms in total. The molecule has 1 heterocycles. The van der Waals surface area contributed by atoms with Gasteiger partial charge in [-0.2, -0.15) is 0 Å². The maximum Gasteiger partial charge on any atom is 0.240 e. The Labute approximate surface area is 217 Å². The number of sulfone groups is 1. The zero-order valence-electron chi connectivity index (χ0n) is 20.7. The number of aliphatic imine (C=N–C) groups is 1. The van der Waals surface area contributed by atoms with Crippen molar-refractivity contribution in [2.75, 3.05) is 25.9 Å². The maximum absolute atomic E-state index is 12.7. The summed E-state index contributed by atoms with van der Waals surface area (Å²) in [5, 5.41) is 2.64. The average Bonchev–Trinajstić information content (AvgIpc) is 2.93. The van der Waals surface area contributed by atoms with E-state index in [1.54, 1.807) is 6.92 Å². The van der Waals surface area contributed by atoms with Gasteiger partial charge in [-0.25, -0.2) is 12.8 Å². The smallest absolute Gasteiger partial charge is 0.240 e. The third-order valence-corrected chi connectivity index (χ3v) is 6.43. The summed E-state index contributed by atoms with van der Waals surface area (Å²) in [4.78, 5) is 41.1. The molecular weight excluding hydrogens is 509 g/mol. The number of amides is 2. The lowest BCUT2D eigenvalue weighted by atomic mass is 10.1. The average molecular weight is 546 g/mol. The van der Waals surface area contributed by atoms with Gasteiger partial charge in [-0.05, 0) is 62.8 Å². The fraction of sp³-hybridized carbons (Fsp3) is 0.565. The van der Waals surface area contributed by atoms with Crippen molar-refractivity contribution >= 4 is 46.4 Å². The molecule has 5 N–H and O–H groups in total. The summed E-state index contributed by atoms with van der Waals surface area (Å²) in [7, 11) is -3.13. The van der Waals surface area contributed by atoms with E-state index in [-0.39, 0.29) is 24.1 Å². The molecule has 0 saturated carbocycles. The number of benzene rings is 1. The highest BCUT2D eigenvalue weighted by molar-refractivity contribution is 7.90. The summed E-state index contributed by atoms with van der Waals surface area (Å²) >= 11 is 4.03. The van der Waals surface area contributed by atoms with Gasteiger partial charge in [0.1, 0.15) is 12.1 Å². The second-order valence-corrected chi connectivity index (χ2v) is 11.3. The monoisotopic (exact) mass is 545 g/mol. The van der Waals surface area contributed by atoms with Crippen molar-refractivity contribution in [3.05, 3.63) is 29.6 Å². The highest BCUT2D eigenvalue weighted by atomic mass is 32.2. The fourth-order valence-corrected chi connectivity index (χ4v) is 4.54. The van der Waals surface area contributed by atoms with E-state index in [1.807, 2.05) is 0 Å². The lowest BCUT2D eigenvalue weighted by Crippen LogP contribution is -2.48. The van der Waals surface area contributed by atoms with Gasteiger partial charge < -0.3 is 26.5 Å². The van der Waals surface area contributed by atoms with Crippen LogP contribution in [0.5, 0.6) is 0 Å². The Morgan fingerprint density at radius 2 is 2.08 bits per heavy atom. The highest BCUT2D eigenvalue weighted by Gasteiger charge is 2.25. The van der Waals surface area contributed by atoms with Crippen molar-refractivity contribution in [3.63, 3.8) is 0 Å². The maximum atomic E-state index is 12.7. The van der Waals surface area contributed by atoms with Crippen molar-refractivity contribution in [2.24, 2.45) is 16.5 Å². The van der Waals surface area contributed by atoms with Gasteiger partial charge in [-0.1, -0.05) is 0 Å². The molecule has 0 bridgehead atoms. The topological polar surface area (TPSA) is 165 Å². The number of nitrogens with zero attached hydrogens (tertiary/aromatic N) is 2. The van der Waals surface area contributed by atoms with Gasteiger partial charge in [-0.15, -0.1) is 12.6 Å². The molecule has 2 amide bonds. The molecule has 1 fully saturated rings. The van der Waals surface area contributed by atoms with Crippen molar-refractivity contribution in [3.8, 4) is 0 Å². The molecule has 1 aromatic rings. The first-order valence-electron chi connectivity index (χ1n) is 11.5. The van der Waals surface area contributed by atoms with Crippen LogP contribution in [-0.4, -0.2) is 75.2 Å². The predicted molar refractivity (Wildman–Crippen MR) is 140 cm³/mol. The van der Waals surface area contributed by atoms with E-state index in [0.29, 0.717) is 54.9 Å². The predicted octanol–water partition coefficient (Wildman–Crippen LogP) is 0.826. The number of rotatable bonds is 10. The summed E-state index contributed by atoms with van der Waals surface area (Å²) in [5.74, 6) is -0.677. The lowest BCUT2D eigenvalue weighted by Gasteiger charge is -2.23. The first-order chi connectivity index (χ1) is 16.8. The van der Waals surface area contributed by atoms with Gasteiger partial charge in [0.15, 0.2) is 9.84 Å². The van der Waals surface area contributed by atoms with Crippen LogP contribution in [0.3, 0.4) is 0 Å². The number of hydrogen-bond donors (Lipinski definition) is 4. The van der Waals surface area contributed by atoms with E-state index >= 15 is 0 Å². The van der Waals surface area contributed by atoms with Crippen LogP contribution in [0.2, 0.25) is 0 Å². The van der Waals surface area contributed by atoms with Gasteiger partial charge in [0.25, 0.3) is 0 Å². The molecule has 0 aromatic heterocycles. The van der Waals surface area contributed by atoms with Crippen LogP contribution < -0.4 is 16.8 Å². The van der Waals surface area contributed by atoms with Gasteiger partial charge in [0, 0.05) is 24.2 Å². The first-order valence-corrected chi connectivity index (χ1v) is 14.0. The van der Waals surface area contributed by atoms with E-state index < -0.39 is 27.7 Å². The molecular formula is C23H36FN5O5S2. The molecule has 13 heteroatoms. The van der Waals surface area contributed by atoms with Gasteiger partial charge in [0.2, 0.25) is 11.8 Å². The molecule has 2 rings (SSSR count). The number of likely N-dealkylation sites (tertiary alicyclic amines) is 1. The summed E-state index contributed by atoms with van der Waals surface area (Å²) in [6.45, 7) is 2.68. The lowest BCUT2D eigenvalue weighted by molar-refractivity contribution is -0.137. The van der Waals surface area contributed by atoms with E-state index in [2.05, 4.69) is 22.9 Å². The third kappa shape index (κ3) is 13.0. The Bertz CT molecular complexity index is 1030. The largest absolute Gasteiger partial charge is 0.388 e. The standard InChI is InChI=1S/C15H27N5O3.C8H9FO2S2/c1-11(16)18-7-4-5-12(10-21)19-14(22)9-20-8-3-2-6-13(17)15(20)23;1-13(10,11)5-6-4-7(9)2-3-8(6)12/h10,12-13H,2-9,17H2,1H3,(H2,16,18)(H,19,22);2-4,12H,5H2,1H3/t12-,13-;/m0./s1. The fourth-order valence-electron chi connectivity index (χ4n) is 3.41. The van der Waals surface area contributed by atoms with Crippen LogP contribution >= 0.6 is 12.6 Å². The quantitative estimate of drug-likeness (QED) is 0.111.